The van der Waals surface area contributed by atoms with E-state index < -0.39 is 0 Å². The number of aromatic nitrogens is 2. The second-order valence-electron chi connectivity index (χ2n) is 4.15. The van der Waals surface area contributed by atoms with E-state index in [0.717, 1.165) is 16.9 Å². The van der Waals surface area contributed by atoms with Crippen molar-refractivity contribution in [3.8, 4) is 11.4 Å². The van der Waals surface area contributed by atoms with Crippen LogP contribution in [-0.2, 0) is 4.74 Å². The zero-order valence-electron chi connectivity index (χ0n) is 10.4. The predicted octanol–water partition coefficient (Wildman–Crippen LogP) is 2.79. The van der Waals surface area contributed by atoms with Gasteiger partial charge in [0.05, 0.1) is 24.4 Å². The van der Waals surface area contributed by atoms with Gasteiger partial charge in [-0.25, -0.2) is 9.78 Å². The molecule has 0 aliphatic carbocycles. The zero-order valence-corrected chi connectivity index (χ0v) is 10.4. The smallest absolute Gasteiger partial charge is 0.337 e. The summed E-state index contributed by atoms with van der Waals surface area (Å²) in [4.78, 5) is 16.0. The molecule has 1 aromatic carbocycles. The molecule has 19 heavy (non-hydrogen) atoms. The number of benzene rings is 1. The van der Waals surface area contributed by atoms with Gasteiger partial charge < -0.3 is 4.74 Å². The highest BCUT2D eigenvalue weighted by Gasteiger charge is 2.10. The molecule has 0 spiro atoms. The van der Waals surface area contributed by atoms with Gasteiger partial charge in [0.1, 0.15) is 5.82 Å². The van der Waals surface area contributed by atoms with Crippen LogP contribution in [-0.4, -0.2) is 22.5 Å². The lowest BCUT2D eigenvalue weighted by Crippen LogP contribution is -2.01. The van der Waals surface area contributed by atoms with Crippen molar-refractivity contribution in [2.75, 3.05) is 7.11 Å². The van der Waals surface area contributed by atoms with Gasteiger partial charge in [0, 0.05) is 11.8 Å². The monoisotopic (exact) mass is 252 g/mol. The molecule has 0 saturated heterocycles. The van der Waals surface area contributed by atoms with Gasteiger partial charge in [0.2, 0.25) is 0 Å². The summed E-state index contributed by atoms with van der Waals surface area (Å²) in [7, 11) is 1.37. The molecule has 0 aliphatic heterocycles. The Hall–Kier alpha value is -2.62. The van der Waals surface area contributed by atoms with Gasteiger partial charge in [-0.2, -0.15) is 0 Å². The number of pyridine rings is 1. The first-order valence-corrected chi connectivity index (χ1v) is 5.90. The maximum absolute atomic E-state index is 11.5. The Morgan fingerprint density at radius 2 is 2.11 bits per heavy atom. The third kappa shape index (κ3) is 1.97. The van der Waals surface area contributed by atoms with Crippen molar-refractivity contribution >= 4 is 11.5 Å². The van der Waals surface area contributed by atoms with Crippen LogP contribution in [0.25, 0.3) is 16.9 Å². The van der Waals surface area contributed by atoms with Crippen LogP contribution < -0.4 is 0 Å². The van der Waals surface area contributed by atoms with Crippen molar-refractivity contribution in [3.05, 3.63) is 60.4 Å². The fourth-order valence-electron chi connectivity index (χ4n) is 2.06. The molecule has 0 amide bonds. The van der Waals surface area contributed by atoms with Crippen molar-refractivity contribution < 1.29 is 9.53 Å². The van der Waals surface area contributed by atoms with Crippen LogP contribution in [0.2, 0.25) is 0 Å². The van der Waals surface area contributed by atoms with E-state index in [2.05, 4.69) is 4.98 Å². The van der Waals surface area contributed by atoms with Crippen LogP contribution >= 0.6 is 0 Å². The molecule has 0 radical (unpaired) electrons. The Morgan fingerprint density at radius 3 is 2.95 bits per heavy atom. The van der Waals surface area contributed by atoms with Crippen LogP contribution in [0.5, 0.6) is 0 Å². The zero-order chi connectivity index (χ0) is 13.2. The number of nitrogens with zero attached hydrogens (tertiary/aromatic N) is 2. The summed E-state index contributed by atoms with van der Waals surface area (Å²) < 4.78 is 6.71. The summed E-state index contributed by atoms with van der Waals surface area (Å²) >= 11 is 0. The number of methoxy groups -OCH3 is 1. The van der Waals surface area contributed by atoms with Crippen LogP contribution in [0.4, 0.5) is 0 Å². The van der Waals surface area contributed by atoms with Gasteiger partial charge in [-0.3, -0.25) is 4.40 Å². The maximum Gasteiger partial charge on any atom is 0.337 e. The van der Waals surface area contributed by atoms with E-state index in [1.165, 1.54) is 7.11 Å². The number of carbonyl (C=O) groups is 1. The molecule has 3 aromatic rings. The average Bonchev–Trinajstić information content (AvgIpc) is 2.90. The molecule has 4 nitrogen and oxygen atoms in total. The first kappa shape index (κ1) is 11.5. The van der Waals surface area contributed by atoms with E-state index in [0.29, 0.717) is 5.56 Å². The summed E-state index contributed by atoms with van der Waals surface area (Å²) in [5.74, 6) is 0.462. The maximum atomic E-state index is 11.5. The lowest BCUT2D eigenvalue weighted by molar-refractivity contribution is 0.0601. The van der Waals surface area contributed by atoms with Crippen molar-refractivity contribution in [1.82, 2.24) is 9.38 Å². The van der Waals surface area contributed by atoms with Gasteiger partial charge in [0.25, 0.3) is 0 Å². The Balaban J connectivity index is 2.14. The first-order valence-electron chi connectivity index (χ1n) is 5.90. The Bertz CT molecular complexity index is 746. The molecule has 2 aromatic heterocycles. The number of esters is 1. The Kier molecular flexibility index (Phi) is 2.76. The number of ether oxygens (including phenoxy) is 1. The second-order valence-corrected chi connectivity index (χ2v) is 4.15. The molecule has 0 saturated carbocycles. The van der Waals surface area contributed by atoms with Gasteiger partial charge >= 0.3 is 5.97 Å². The Morgan fingerprint density at radius 1 is 1.21 bits per heavy atom. The number of hydrogen-bond donors (Lipinski definition) is 0. The SMILES string of the molecule is COC(=O)c1cccc(-c2ncc3ccccn23)c1. The van der Waals surface area contributed by atoms with E-state index in [1.807, 2.05) is 40.9 Å². The van der Waals surface area contributed by atoms with E-state index in [1.54, 1.807) is 18.3 Å². The molecular weight excluding hydrogens is 240 g/mol. The fraction of sp³-hybridized carbons (Fsp3) is 0.0667. The summed E-state index contributed by atoms with van der Waals surface area (Å²) in [6, 6.07) is 13.2. The number of hydrogen-bond acceptors (Lipinski definition) is 3. The first-order chi connectivity index (χ1) is 9.29. The molecule has 0 fully saturated rings. The second kappa shape index (κ2) is 4.57. The van der Waals surface area contributed by atoms with Gasteiger partial charge in [-0.05, 0) is 24.3 Å². The highest BCUT2D eigenvalue weighted by Crippen LogP contribution is 2.21. The fourth-order valence-corrected chi connectivity index (χ4v) is 2.06. The number of imidazole rings is 1. The minimum Gasteiger partial charge on any atom is -0.465 e. The minimum absolute atomic E-state index is 0.345. The highest BCUT2D eigenvalue weighted by atomic mass is 16.5. The van der Waals surface area contributed by atoms with Gasteiger partial charge in [0.15, 0.2) is 0 Å². The highest BCUT2D eigenvalue weighted by molar-refractivity contribution is 5.90. The summed E-state index contributed by atoms with van der Waals surface area (Å²) in [6.07, 6.45) is 3.75. The normalized spacial score (nSPS) is 10.6. The summed E-state index contributed by atoms with van der Waals surface area (Å²) in [5, 5.41) is 0. The lowest BCUT2D eigenvalue weighted by atomic mass is 10.1. The topological polar surface area (TPSA) is 43.6 Å². The average molecular weight is 252 g/mol. The van der Waals surface area contributed by atoms with Crippen molar-refractivity contribution in [3.63, 3.8) is 0 Å². The molecule has 2 heterocycles. The molecule has 0 N–H and O–H groups in total. The molecule has 0 aliphatic rings. The summed E-state index contributed by atoms with van der Waals surface area (Å²) in [6.45, 7) is 0. The molecule has 4 heteroatoms. The van der Waals surface area contributed by atoms with Gasteiger partial charge in [-0.1, -0.05) is 18.2 Å². The largest absolute Gasteiger partial charge is 0.465 e. The molecule has 0 atom stereocenters. The van der Waals surface area contributed by atoms with Crippen LogP contribution in [0.3, 0.4) is 0 Å². The van der Waals surface area contributed by atoms with E-state index in [4.69, 9.17) is 4.74 Å². The summed E-state index contributed by atoms with van der Waals surface area (Å²) in [5.41, 5.74) is 2.42. The standard InChI is InChI=1S/C15H12N2O2/c1-19-15(18)12-6-4-5-11(9-12)14-16-10-13-7-2-3-8-17(13)14/h2-10H,1H3. The molecule has 94 valence electrons. The number of carbonyl (C=O) groups excluding carboxylic acids is 1. The predicted molar refractivity (Wildman–Crippen MR) is 72.0 cm³/mol. The minimum atomic E-state index is -0.345. The molecule has 3 rings (SSSR count). The van der Waals surface area contributed by atoms with Crippen LogP contribution in [0, 0.1) is 0 Å². The quantitative estimate of drug-likeness (QED) is 0.659. The third-order valence-corrected chi connectivity index (χ3v) is 2.98. The van der Waals surface area contributed by atoms with Crippen molar-refractivity contribution in [1.29, 1.82) is 0 Å². The lowest BCUT2D eigenvalue weighted by Gasteiger charge is -2.03. The molecule has 0 bridgehead atoms. The van der Waals surface area contributed by atoms with Crippen LogP contribution in [0.15, 0.2) is 54.9 Å². The Labute approximate surface area is 110 Å². The van der Waals surface area contributed by atoms with E-state index in [9.17, 15) is 4.79 Å². The number of rotatable bonds is 2. The van der Waals surface area contributed by atoms with E-state index >= 15 is 0 Å². The number of fused-ring (bicyclic) bond motifs is 1. The van der Waals surface area contributed by atoms with E-state index in [-0.39, 0.29) is 5.97 Å². The van der Waals surface area contributed by atoms with Gasteiger partial charge in [-0.15, -0.1) is 0 Å². The molecule has 0 unspecified atom stereocenters. The van der Waals surface area contributed by atoms with Crippen molar-refractivity contribution in [2.24, 2.45) is 0 Å². The third-order valence-electron chi connectivity index (χ3n) is 2.98. The van der Waals surface area contributed by atoms with Crippen molar-refractivity contribution in [2.45, 2.75) is 0 Å². The molecular formula is C15H12N2O2. The van der Waals surface area contributed by atoms with Crippen LogP contribution in [0.1, 0.15) is 10.4 Å².